The molecule has 0 radical (unpaired) electrons. The van der Waals surface area contributed by atoms with Gasteiger partial charge in [-0.3, -0.25) is 5.43 Å². The van der Waals surface area contributed by atoms with Crippen molar-refractivity contribution in [1.82, 2.24) is 5.43 Å². The molecule has 0 aliphatic heterocycles. The number of thiocarbonyl (C=S) groups is 1. The van der Waals surface area contributed by atoms with Crippen molar-refractivity contribution >= 4 is 45.7 Å². The van der Waals surface area contributed by atoms with Gasteiger partial charge in [-0.1, -0.05) is 13.8 Å². The first-order valence-corrected chi connectivity index (χ1v) is 9.29. The van der Waals surface area contributed by atoms with Crippen LogP contribution in [0.1, 0.15) is 46.6 Å². The van der Waals surface area contributed by atoms with E-state index in [9.17, 15) is 0 Å². The highest BCUT2D eigenvalue weighted by Crippen LogP contribution is 2.34. The van der Waals surface area contributed by atoms with Crippen LogP contribution in [0.5, 0.6) is 0 Å². The number of rotatable bonds is 5. The quantitative estimate of drug-likeness (QED) is 0.473. The zero-order valence-electron chi connectivity index (χ0n) is 13.2. The summed E-state index contributed by atoms with van der Waals surface area (Å²) in [5.41, 5.74) is 12.0. The summed E-state index contributed by atoms with van der Waals surface area (Å²) in [4.78, 5) is 2.68. The summed E-state index contributed by atoms with van der Waals surface area (Å²) in [6, 6.07) is 4.30. The second-order valence-corrected chi connectivity index (χ2v) is 7.73. The molecule has 2 rings (SSSR count). The fourth-order valence-electron chi connectivity index (χ4n) is 2.61. The highest BCUT2D eigenvalue weighted by molar-refractivity contribution is 7.80. The van der Waals surface area contributed by atoms with Gasteiger partial charge in [-0.05, 0) is 60.1 Å². The molecule has 0 aliphatic carbocycles. The number of hydrogen-bond acceptors (Lipinski definition) is 4. The Bertz CT molecular complexity index is 636. The maximum absolute atomic E-state index is 5.56. The lowest BCUT2D eigenvalue weighted by Gasteiger charge is -2.21. The average Bonchev–Trinajstić information content (AvgIpc) is 3.06. The maximum Gasteiger partial charge on any atom is 0.184 e. The molecule has 2 atom stereocenters. The van der Waals surface area contributed by atoms with Crippen molar-refractivity contribution in [3.63, 3.8) is 0 Å². The number of nitrogens with zero attached hydrogens (tertiary/aromatic N) is 1. The highest BCUT2D eigenvalue weighted by atomic mass is 32.1. The molecule has 0 saturated carbocycles. The first-order valence-electron chi connectivity index (χ1n) is 7.12. The third-order valence-corrected chi connectivity index (χ3v) is 6.27. The fourth-order valence-corrected chi connectivity index (χ4v) is 4.65. The molecule has 2 unspecified atom stereocenters. The van der Waals surface area contributed by atoms with Crippen LogP contribution in [-0.4, -0.2) is 10.8 Å². The summed E-state index contributed by atoms with van der Waals surface area (Å²) in [5.74, 6) is 0.441. The summed E-state index contributed by atoms with van der Waals surface area (Å²) in [7, 11) is 0. The van der Waals surface area contributed by atoms with Crippen LogP contribution in [0.3, 0.4) is 0 Å². The Morgan fingerprint density at radius 2 is 1.55 bits per heavy atom. The molecule has 0 aliphatic rings. The molecule has 0 fully saturated rings. The molecule has 0 saturated heterocycles. The van der Waals surface area contributed by atoms with Crippen LogP contribution in [0.2, 0.25) is 0 Å². The number of thiophene rings is 2. The van der Waals surface area contributed by atoms with Crippen molar-refractivity contribution in [3.8, 4) is 0 Å². The molecule has 0 spiro atoms. The molecule has 0 bridgehead atoms. The van der Waals surface area contributed by atoms with Gasteiger partial charge < -0.3 is 5.73 Å². The van der Waals surface area contributed by atoms with Crippen LogP contribution < -0.4 is 11.2 Å². The van der Waals surface area contributed by atoms with E-state index in [-0.39, 0.29) is 16.9 Å². The van der Waals surface area contributed by atoms with Crippen LogP contribution in [0.4, 0.5) is 0 Å². The summed E-state index contributed by atoms with van der Waals surface area (Å²) in [6.45, 7) is 8.67. The Morgan fingerprint density at radius 3 is 1.86 bits per heavy atom. The molecule has 2 aromatic heterocycles. The number of hydrogen-bond donors (Lipinski definition) is 2. The van der Waals surface area contributed by atoms with Crippen molar-refractivity contribution in [1.29, 1.82) is 0 Å². The van der Waals surface area contributed by atoms with Crippen LogP contribution in [-0.2, 0) is 0 Å². The monoisotopic (exact) mass is 351 g/mol. The Morgan fingerprint density at radius 1 is 1.09 bits per heavy atom. The Balaban J connectivity index is 2.39. The van der Waals surface area contributed by atoms with E-state index in [1.807, 2.05) is 0 Å². The minimum Gasteiger partial charge on any atom is -0.375 e. The first kappa shape index (κ1) is 17.1. The number of nitrogens with one attached hydrogen (secondary N) is 1. The minimum atomic E-state index is 0.197. The minimum absolute atomic E-state index is 0.197. The lowest BCUT2D eigenvalue weighted by atomic mass is 9.90. The SMILES string of the molecule is Cc1ccsc1C(C)C(=NNC(N)=S)C(C)c1sccc1C. The van der Waals surface area contributed by atoms with Gasteiger partial charge in [0.05, 0.1) is 5.71 Å². The van der Waals surface area contributed by atoms with Gasteiger partial charge in [-0.15, -0.1) is 22.7 Å². The molecule has 2 heterocycles. The van der Waals surface area contributed by atoms with Crippen molar-refractivity contribution in [2.45, 2.75) is 39.5 Å². The van der Waals surface area contributed by atoms with Gasteiger partial charge in [0.1, 0.15) is 0 Å². The van der Waals surface area contributed by atoms with Crippen molar-refractivity contribution < 1.29 is 0 Å². The van der Waals surface area contributed by atoms with Crippen LogP contribution >= 0.6 is 34.9 Å². The summed E-state index contributed by atoms with van der Waals surface area (Å²) in [6.07, 6.45) is 0. The van der Waals surface area contributed by atoms with E-state index in [4.69, 9.17) is 18.0 Å². The Kier molecular flexibility index (Phi) is 5.72. The molecular weight excluding hydrogens is 330 g/mol. The smallest absolute Gasteiger partial charge is 0.184 e. The molecule has 3 nitrogen and oxygen atoms in total. The average molecular weight is 352 g/mol. The third kappa shape index (κ3) is 3.74. The molecule has 3 N–H and O–H groups in total. The molecule has 118 valence electrons. The summed E-state index contributed by atoms with van der Waals surface area (Å²) in [5, 5.41) is 8.98. The van der Waals surface area contributed by atoms with Crippen molar-refractivity contribution in [2.24, 2.45) is 10.8 Å². The molecule has 0 amide bonds. The molecule has 22 heavy (non-hydrogen) atoms. The predicted molar refractivity (Wildman–Crippen MR) is 102 cm³/mol. The van der Waals surface area contributed by atoms with E-state index in [2.05, 4.69) is 61.1 Å². The summed E-state index contributed by atoms with van der Waals surface area (Å²) < 4.78 is 0. The Labute approximate surface area is 145 Å². The van der Waals surface area contributed by atoms with E-state index < -0.39 is 0 Å². The molecule has 2 aromatic rings. The maximum atomic E-state index is 5.56. The molecular formula is C16H21N3S3. The van der Waals surface area contributed by atoms with E-state index in [0.717, 1.165) is 5.71 Å². The molecule has 0 aromatic carbocycles. The lowest BCUT2D eigenvalue weighted by Crippen LogP contribution is -2.28. The van der Waals surface area contributed by atoms with Crippen LogP contribution in [0.15, 0.2) is 28.0 Å². The van der Waals surface area contributed by atoms with Crippen molar-refractivity contribution in [2.75, 3.05) is 0 Å². The van der Waals surface area contributed by atoms with Crippen LogP contribution in [0, 0.1) is 13.8 Å². The Hall–Kier alpha value is -1.24. The third-order valence-electron chi connectivity index (χ3n) is 3.77. The van der Waals surface area contributed by atoms with E-state index in [0.29, 0.717) is 0 Å². The fraction of sp³-hybridized carbons (Fsp3) is 0.375. The van der Waals surface area contributed by atoms with Gasteiger partial charge in [-0.2, -0.15) is 5.10 Å². The zero-order chi connectivity index (χ0) is 16.3. The first-order chi connectivity index (χ1) is 10.4. The topological polar surface area (TPSA) is 50.4 Å². The molecule has 6 heteroatoms. The predicted octanol–water partition coefficient (Wildman–Crippen LogP) is 4.52. The summed E-state index contributed by atoms with van der Waals surface area (Å²) >= 11 is 8.44. The van der Waals surface area contributed by atoms with Crippen molar-refractivity contribution in [3.05, 3.63) is 43.8 Å². The standard InChI is InChI=1S/C16H21N3S3/c1-9-5-7-21-14(9)11(3)13(18-19-16(17)20)12(4)15-10(2)6-8-22-15/h5-8,11-12H,1-4H3,(H3,17,19,20). The van der Waals surface area contributed by atoms with E-state index >= 15 is 0 Å². The number of nitrogens with two attached hydrogens (primary N) is 1. The van der Waals surface area contributed by atoms with Crippen LogP contribution in [0.25, 0.3) is 0 Å². The second-order valence-electron chi connectivity index (χ2n) is 5.39. The normalized spacial score (nSPS) is 13.5. The highest BCUT2D eigenvalue weighted by Gasteiger charge is 2.25. The van der Waals surface area contributed by atoms with E-state index in [1.54, 1.807) is 22.7 Å². The second kappa shape index (κ2) is 7.35. The largest absolute Gasteiger partial charge is 0.375 e. The van der Waals surface area contributed by atoms with Gasteiger partial charge in [0, 0.05) is 21.6 Å². The van der Waals surface area contributed by atoms with Gasteiger partial charge >= 0.3 is 0 Å². The van der Waals surface area contributed by atoms with Gasteiger partial charge in [0.15, 0.2) is 5.11 Å². The van der Waals surface area contributed by atoms with Gasteiger partial charge in [0.2, 0.25) is 0 Å². The van der Waals surface area contributed by atoms with E-state index in [1.165, 1.54) is 20.9 Å². The lowest BCUT2D eigenvalue weighted by molar-refractivity contribution is 0.878. The van der Waals surface area contributed by atoms with Gasteiger partial charge in [0.25, 0.3) is 0 Å². The number of hydrazone groups is 1. The van der Waals surface area contributed by atoms with Gasteiger partial charge in [-0.25, -0.2) is 0 Å². The number of aryl methyl sites for hydroxylation is 2. The zero-order valence-corrected chi connectivity index (χ0v) is 15.7.